The fourth-order valence-electron chi connectivity index (χ4n) is 2.07. The number of hydrogen-bond acceptors (Lipinski definition) is 3. The van der Waals surface area contributed by atoms with Crippen LogP contribution in [-0.4, -0.2) is 17.7 Å². The van der Waals surface area contributed by atoms with Gasteiger partial charge in [-0.05, 0) is 56.9 Å². The first-order chi connectivity index (χ1) is 9.65. The van der Waals surface area contributed by atoms with Crippen LogP contribution in [0.2, 0.25) is 5.02 Å². The van der Waals surface area contributed by atoms with Crippen molar-refractivity contribution in [2.75, 3.05) is 0 Å². The van der Waals surface area contributed by atoms with E-state index >= 15 is 0 Å². The van der Waals surface area contributed by atoms with E-state index in [4.69, 9.17) is 16.3 Å². The van der Waals surface area contributed by atoms with Gasteiger partial charge >= 0.3 is 0 Å². The van der Waals surface area contributed by atoms with E-state index < -0.39 is 6.10 Å². The lowest BCUT2D eigenvalue weighted by Gasteiger charge is -2.15. The predicted octanol–water partition coefficient (Wildman–Crippen LogP) is 3.54. The lowest BCUT2D eigenvalue weighted by atomic mass is 9.99. The second-order valence-corrected chi connectivity index (χ2v) is 5.37. The number of carbonyl (C=O) groups is 1. The molecule has 0 radical (unpaired) electrons. The van der Waals surface area contributed by atoms with E-state index in [0.29, 0.717) is 10.8 Å². The largest absolute Gasteiger partial charge is 0.481 e. The molecule has 0 bridgehead atoms. The molecule has 4 nitrogen and oxygen atoms in total. The topological polar surface area (TPSA) is 50.7 Å². The highest BCUT2D eigenvalue weighted by Gasteiger charge is 2.15. The lowest BCUT2D eigenvalue weighted by Crippen LogP contribution is -2.34. The molecule has 5 heteroatoms. The van der Waals surface area contributed by atoms with E-state index in [0.717, 1.165) is 31.4 Å². The van der Waals surface area contributed by atoms with Gasteiger partial charge in [0.1, 0.15) is 5.75 Å². The summed E-state index contributed by atoms with van der Waals surface area (Å²) in [5.74, 6) is 0.375. The number of rotatable bonds is 4. The van der Waals surface area contributed by atoms with Gasteiger partial charge in [-0.15, -0.1) is 0 Å². The zero-order valence-electron chi connectivity index (χ0n) is 11.6. The Morgan fingerprint density at radius 2 is 1.90 bits per heavy atom. The van der Waals surface area contributed by atoms with Crippen molar-refractivity contribution in [2.45, 2.75) is 45.1 Å². The maximum absolute atomic E-state index is 11.9. The molecule has 2 rings (SSSR count). The minimum Gasteiger partial charge on any atom is -0.481 e. The molecule has 20 heavy (non-hydrogen) atoms. The van der Waals surface area contributed by atoms with E-state index in [1.165, 1.54) is 6.42 Å². The van der Waals surface area contributed by atoms with Crippen molar-refractivity contribution in [3.63, 3.8) is 0 Å². The number of hydrazone groups is 1. The Balaban J connectivity index is 1.83. The molecule has 0 saturated heterocycles. The summed E-state index contributed by atoms with van der Waals surface area (Å²) in [7, 11) is 0. The normalized spacial score (nSPS) is 16.4. The standard InChI is InChI=1S/C15H19ClN2O2/c1-11(20-14-9-7-12(16)8-10-14)15(19)18-17-13-5-3-2-4-6-13/h7-11H,2-6H2,1H3,(H,18,19)/t11-/m1/s1. The fourth-order valence-corrected chi connectivity index (χ4v) is 2.19. The van der Waals surface area contributed by atoms with E-state index in [2.05, 4.69) is 10.5 Å². The lowest BCUT2D eigenvalue weighted by molar-refractivity contribution is -0.127. The summed E-state index contributed by atoms with van der Waals surface area (Å²) in [5.41, 5.74) is 3.65. The van der Waals surface area contributed by atoms with Gasteiger partial charge in [-0.1, -0.05) is 18.0 Å². The van der Waals surface area contributed by atoms with Gasteiger partial charge in [0.2, 0.25) is 0 Å². The monoisotopic (exact) mass is 294 g/mol. The Labute approximate surface area is 124 Å². The number of halogens is 1. The van der Waals surface area contributed by atoms with Crippen LogP contribution in [0.3, 0.4) is 0 Å². The second kappa shape index (κ2) is 7.29. The van der Waals surface area contributed by atoms with Gasteiger partial charge < -0.3 is 4.74 Å². The minimum absolute atomic E-state index is 0.238. The molecular formula is C15H19ClN2O2. The average molecular weight is 295 g/mol. The molecule has 1 fully saturated rings. The van der Waals surface area contributed by atoms with Crippen LogP contribution < -0.4 is 10.2 Å². The average Bonchev–Trinajstić information content (AvgIpc) is 2.48. The Morgan fingerprint density at radius 3 is 2.55 bits per heavy atom. The molecule has 1 aromatic carbocycles. The van der Waals surface area contributed by atoms with Crippen molar-refractivity contribution in [1.29, 1.82) is 0 Å². The summed E-state index contributed by atoms with van der Waals surface area (Å²) in [5, 5.41) is 4.81. The zero-order valence-corrected chi connectivity index (χ0v) is 12.3. The van der Waals surface area contributed by atoms with Crippen molar-refractivity contribution < 1.29 is 9.53 Å². The molecule has 1 aliphatic carbocycles. The van der Waals surface area contributed by atoms with Gasteiger partial charge in [-0.3, -0.25) is 4.79 Å². The second-order valence-electron chi connectivity index (χ2n) is 4.93. The van der Waals surface area contributed by atoms with E-state index in [-0.39, 0.29) is 5.91 Å². The summed E-state index contributed by atoms with van der Waals surface area (Å²) < 4.78 is 5.53. The van der Waals surface area contributed by atoms with Crippen molar-refractivity contribution in [1.82, 2.24) is 5.43 Å². The number of hydrogen-bond donors (Lipinski definition) is 1. The van der Waals surface area contributed by atoms with Gasteiger partial charge in [0, 0.05) is 10.7 Å². The number of carbonyl (C=O) groups excluding carboxylic acids is 1. The smallest absolute Gasteiger partial charge is 0.280 e. The van der Waals surface area contributed by atoms with Crippen molar-refractivity contribution >= 4 is 23.2 Å². The SMILES string of the molecule is C[C@@H](Oc1ccc(Cl)cc1)C(=O)NN=C1CCCCC1. The molecule has 0 heterocycles. The molecular weight excluding hydrogens is 276 g/mol. The Bertz CT molecular complexity index is 477. The van der Waals surface area contributed by atoms with E-state index in [9.17, 15) is 4.79 Å². The van der Waals surface area contributed by atoms with Gasteiger partial charge in [-0.2, -0.15) is 5.10 Å². The maximum Gasteiger partial charge on any atom is 0.280 e. The molecule has 108 valence electrons. The molecule has 1 N–H and O–H groups in total. The van der Waals surface area contributed by atoms with Crippen LogP contribution >= 0.6 is 11.6 Å². The first-order valence-corrected chi connectivity index (χ1v) is 7.30. The van der Waals surface area contributed by atoms with Gasteiger partial charge in [-0.25, -0.2) is 5.43 Å². The molecule has 0 aromatic heterocycles. The molecule has 1 saturated carbocycles. The number of nitrogens with one attached hydrogen (secondary N) is 1. The Kier molecular flexibility index (Phi) is 5.41. The molecule has 1 amide bonds. The quantitative estimate of drug-likeness (QED) is 0.864. The van der Waals surface area contributed by atoms with Crippen molar-refractivity contribution in [3.05, 3.63) is 29.3 Å². The first-order valence-electron chi connectivity index (χ1n) is 6.92. The van der Waals surface area contributed by atoms with Gasteiger partial charge in [0.25, 0.3) is 5.91 Å². The third kappa shape index (κ3) is 4.53. The van der Waals surface area contributed by atoms with Gasteiger partial charge in [0.05, 0.1) is 0 Å². The highest BCUT2D eigenvalue weighted by Crippen LogP contribution is 2.17. The zero-order chi connectivity index (χ0) is 14.4. The third-order valence-electron chi connectivity index (χ3n) is 3.25. The summed E-state index contributed by atoms with van der Waals surface area (Å²) in [4.78, 5) is 11.9. The summed E-state index contributed by atoms with van der Waals surface area (Å²) in [6.07, 6.45) is 4.93. The summed E-state index contributed by atoms with van der Waals surface area (Å²) >= 11 is 5.79. The molecule has 1 aliphatic rings. The van der Waals surface area contributed by atoms with Crippen LogP contribution in [0.15, 0.2) is 29.4 Å². The summed E-state index contributed by atoms with van der Waals surface area (Å²) in [6, 6.07) is 6.92. The number of nitrogens with zero attached hydrogens (tertiary/aromatic N) is 1. The molecule has 1 aromatic rings. The highest BCUT2D eigenvalue weighted by molar-refractivity contribution is 6.30. The van der Waals surface area contributed by atoms with Gasteiger partial charge in [0.15, 0.2) is 6.10 Å². The molecule has 0 spiro atoms. The molecule has 0 aliphatic heterocycles. The summed E-state index contributed by atoms with van der Waals surface area (Å²) in [6.45, 7) is 1.70. The number of amides is 1. The fraction of sp³-hybridized carbons (Fsp3) is 0.467. The number of benzene rings is 1. The van der Waals surface area contributed by atoms with Crippen LogP contribution in [0.4, 0.5) is 0 Å². The van der Waals surface area contributed by atoms with Crippen LogP contribution in [0, 0.1) is 0 Å². The first kappa shape index (κ1) is 14.9. The molecule has 0 unspecified atom stereocenters. The Morgan fingerprint density at radius 1 is 1.25 bits per heavy atom. The number of ether oxygens (including phenoxy) is 1. The van der Waals surface area contributed by atoms with E-state index in [1.807, 2.05) is 0 Å². The highest BCUT2D eigenvalue weighted by atomic mass is 35.5. The minimum atomic E-state index is -0.593. The van der Waals surface area contributed by atoms with Crippen LogP contribution in [-0.2, 0) is 4.79 Å². The van der Waals surface area contributed by atoms with Crippen LogP contribution in [0.5, 0.6) is 5.75 Å². The maximum atomic E-state index is 11.9. The Hall–Kier alpha value is -1.55. The van der Waals surface area contributed by atoms with Crippen LogP contribution in [0.25, 0.3) is 0 Å². The van der Waals surface area contributed by atoms with Crippen molar-refractivity contribution in [3.8, 4) is 5.75 Å². The third-order valence-corrected chi connectivity index (χ3v) is 3.50. The van der Waals surface area contributed by atoms with Crippen LogP contribution in [0.1, 0.15) is 39.0 Å². The predicted molar refractivity (Wildman–Crippen MR) is 80.2 cm³/mol. The molecule has 1 atom stereocenters. The van der Waals surface area contributed by atoms with E-state index in [1.54, 1.807) is 31.2 Å². The van der Waals surface area contributed by atoms with Crippen molar-refractivity contribution in [2.24, 2.45) is 5.10 Å².